The van der Waals surface area contributed by atoms with Crippen molar-refractivity contribution in [3.63, 3.8) is 0 Å². The topological polar surface area (TPSA) is 82.4 Å². The second-order valence-electron chi connectivity index (χ2n) is 8.68. The van der Waals surface area contributed by atoms with Gasteiger partial charge in [0.2, 0.25) is 0 Å². The molecule has 2 heterocycles. The van der Waals surface area contributed by atoms with E-state index in [1.54, 1.807) is 44.8 Å². The minimum Gasteiger partial charge on any atom is -0.493 e. The van der Waals surface area contributed by atoms with Crippen LogP contribution in [-0.2, 0) is 9.53 Å². The zero-order valence-electron chi connectivity index (χ0n) is 22.6. The number of esters is 1. The van der Waals surface area contributed by atoms with Gasteiger partial charge in [-0.3, -0.25) is 9.36 Å². The van der Waals surface area contributed by atoms with Gasteiger partial charge < -0.3 is 19.1 Å². The molecule has 0 bridgehead atoms. The fourth-order valence-corrected chi connectivity index (χ4v) is 5.70. The molecule has 1 aliphatic heterocycles. The summed E-state index contributed by atoms with van der Waals surface area (Å²) in [5, 5.41) is 0. The highest BCUT2D eigenvalue weighted by Gasteiger charge is 2.33. The highest BCUT2D eigenvalue weighted by molar-refractivity contribution is 7.07. The van der Waals surface area contributed by atoms with E-state index in [1.165, 1.54) is 11.3 Å². The number of rotatable bonds is 9. The Labute approximate surface area is 226 Å². The van der Waals surface area contributed by atoms with Gasteiger partial charge in [0.1, 0.15) is 0 Å². The van der Waals surface area contributed by atoms with Gasteiger partial charge in [-0.1, -0.05) is 29.5 Å². The van der Waals surface area contributed by atoms with Crippen molar-refractivity contribution in [2.45, 2.75) is 33.7 Å². The summed E-state index contributed by atoms with van der Waals surface area (Å²) in [6.07, 6.45) is 1.87. The maximum atomic E-state index is 13.8. The molecule has 38 heavy (non-hydrogen) atoms. The Bertz CT molecular complexity index is 1530. The molecule has 0 unspecified atom stereocenters. The van der Waals surface area contributed by atoms with E-state index in [0.717, 1.165) is 24.3 Å². The summed E-state index contributed by atoms with van der Waals surface area (Å²) in [6.45, 7) is 9.82. The molecule has 8 nitrogen and oxygen atoms in total. The van der Waals surface area contributed by atoms with Crippen LogP contribution >= 0.6 is 11.3 Å². The van der Waals surface area contributed by atoms with Crippen molar-refractivity contribution in [3.8, 4) is 11.5 Å². The van der Waals surface area contributed by atoms with Gasteiger partial charge in [0.05, 0.1) is 42.7 Å². The van der Waals surface area contributed by atoms with Gasteiger partial charge in [0, 0.05) is 18.8 Å². The number of carbonyl (C=O) groups is 1. The van der Waals surface area contributed by atoms with E-state index in [0.29, 0.717) is 37.7 Å². The number of carbonyl (C=O) groups excluding carboxylic acids is 1. The first-order chi connectivity index (χ1) is 18.4. The summed E-state index contributed by atoms with van der Waals surface area (Å²) >= 11 is 1.30. The van der Waals surface area contributed by atoms with Crippen molar-refractivity contribution >= 4 is 29.1 Å². The van der Waals surface area contributed by atoms with Crippen molar-refractivity contribution in [1.29, 1.82) is 0 Å². The van der Waals surface area contributed by atoms with Crippen LogP contribution < -0.4 is 29.3 Å². The molecule has 200 valence electrons. The zero-order valence-corrected chi connectivity index (χ0v) is 23.4. The van der Waals surface area contributed by atoms with Gasteiger partial charge in [0.15, 0.2) is 16.3 Å². The van der Waals surface area contributed by atoms with Gasteiger partial charge in [0.25, 0.3) is 5.56 Å². The van der Waals surface area contributed by atoms with E-state index >= 15 is 0 Å². The highest BCUT2D eigenvalue weighted by Crippen LogP contribution is 2.36. The Morgan fingerprint density at radius 2 is 1.74 bits per heavy atom. The number of hydrogen-bond acceptors (Lipinski definition) is 8. The normalized spacial score (nSPS) is 15.1. The summed E-state index contributed by atoms with van der Waals surface area (Å²) in [5.74, 6) is 0.545. The first kappa shape index (κ1) is 27.2. The molecule has 0 amide bonds. The first-order valence-electron chi connectivity index (χ1n) is 12.6. The minimum atomic E-state index is -0.725. The van der Waals surface area contributed by atoms with Crippen LogP contribution in [0.15, 0.2) is 63.5 Å². The molecule has 9 heteroatoms. The fourth-order valence-electron chi connectivity index (χ4n) is 4.65. The number of ether oxygens (including phenoxy) is 3. The molecule has 1 aliphatic rings. The highest BCUT2D eigenvalue weighted by atomic mass is 32.1. The van der Waals surface area contributed by atoms with Gasteiger partial charge >= 0.3 is 5.97 Å². The average Bonchev–Trinajstić information content (AvgIpc) is 3.23. The molecular formula is C29H33N3O5S. The molecule has 2 aromatic carbocycles. The molecule has 4 rings (SSSR count). The van der Waals surface area contributed by atoms with E-state index in [2.05, 4.69) is 35.9 Å². The van der Waals surface area contributed by atoms with Crippen molar-refractivity contribution in [3.05, 3.63) is 84.5 Å². The lowest BCUT2D eigenvalue weighted by molar-refractivity contribution is -0.139. The predicted octanol–water partition coefficient (Wildman–Crippen LogP) is 3.66. The minimum absolute atomic E-state index is 0.210. The van der Waals surface area contributed by atoms with Gasteiger partial charge in [-0.25, -0.2) is 9.79 Å². The molecule has 0 fully saturated rings. The lowest BCUT2D eigenvalue weighted by Gasteiger charge is -2.25. The summed E-state index contributed by atoms with van der Waals surface area (Å²) < 4.78 is 18.4. The number of benzene rings is 2. The molecule has 0 N–H and O–H groups in total. The number of nitrogens with zero attached hydrogens (tertiary/aromatic N) is 3. The third-order valence-corrected chi connectivity index (χ3v) is 7.54. The van der Waals surface area contributed by atoms with Crippen LogP contribution in [0.5, 0.6) is 11.5 Å². The van der Waals surface area contributed by atoms with Crippen LogP contribution in [0, 0.1) is 0 Å². The van der Waals surface area contributed by atoms with E-state index in [1.807, 2.05) is 24.3 Å². The largest absolute Gasteiger partial charge is 0.493 e. The van der Waals surface area contributed by atoms with Crippen LogP contribution in [0.2, 0.25) is 0 Å². The zero-order chi connectivity index (χ0) is 27.4. The predicted molar refractivity (Wildman–Crippen MR) is 150 cm³/mol. The second-order valence-corrected chi connectivity index (χ2v) is 9.69. The van der Waals surface area contributed by atoms with Crippen molar-refractivity contribution in [2.24, 2.45) is 4.99 Å². The maximum absolute atomic E-state index is 13.8. The van der Waals surface area contributed by atoms with Crippen LogP contribution in [0.4, 0.5) is 5.69 Å². The smallest absolute Gasteiger partial charge is 0.338 e. The third-order valence-electron chi connectivity index (χ3n) is 6.56. The van der Waals surface area contributed by atoms with Crippen LogP contribution in [0.1, 0.15) is 44.9 Å². The Hall–Kier alpha value is -3.85. The molecule has 1 atom stereocenters. The SMILES string of the molecule is CCOC(=O)C1=C(C)N=c2s/c(=C/c3ccc(N(CC)CC)cc3)c(=O)n2[C@H]1c1ccc(OC)c(OC)c1. The molecule has 0 spiro atoms. The van der Waals surface area contributed by atoms with Crippen LogP contribution in [-0.4, -0.2) is 44.5 Å². The maximum Gasteiger partial charge on any atom is 0.338 e. The molecule has 3 aromatic rings. The Morgan fingerprint density at radius 1 is 1.05 bits per heavy atom. The summed E-state index contributed by atoms with van der Waals surface area (Å²) in [5.41, 5.74) is 3.35. The Balaban J connectivity index is 1.88. The summed E-state index contributed by atoms with van der Waals surface area (Å²) in [6, 6.07) is 12.8. The third kappa shape index (κ3) is 5.11. The lowest BCUT2D eigenvalue weighted by Crippen LogP contribution is -2.40. The number of fused-ring (bicyclic) bond motifs is 1. The first-order valence-corrected chi connectivity index (χ1v) is 13.4. The van der Waals surface area contributed by atoms with Crippen molar-refractivity contribution < 1.29 is 19.0 Å². The summed E-state index contributed by atoms with van der Waals surface area (Å²) in [4.78, 5) is 34.4. The van der Waals surface area contributed by atoms with Gasteiger partial charge in [-0.05, 0) is 69.2 Å². The molecule has 1 aromatic heterocycles. The van der Waals surface area contributed by atoms with E-state index in [-0.39, 0.29) is 12.2 Å². The quantitative estimate of drug-likeness (QED) is 0.389. The molecular weight excluding hydrogens is 502 g/mol. The van der Waals surface area contributed by atoms with E-state index in [9.17, 15) is 9.59 Å². The molecule has 0 saturated carbocycles. The number of hydrogen-bond donors (Lipinski definition) is 0. The number of anilines is 1. The number of aromatic nitrogens is 1. The van der Waals surface area contributed by atoms with Crippen molar-refractivity contribution in [1.82, 2.24) is 4.57 Å². The molecule has 0 aliphatic carbocycles. The standard InChI is InChI=1S/C29H33N3O5S/c1-7-31(8-2)21-13-10-19(11-14-21)16-24-27(33)32-26(20-12-15-22(35-5)23(17-20)36-6)25(28(34)37-9-3)18(4)30-29(32)38-24/h10-17,26H,7-9H2,1-6H3/b24-16+/t26-/m0/s1. The summed E-state index contributed by atoms with van der Waals surface area (Å²) in [7, 11) is 3.11. The Morgan fingerprint density at radius 3 is 2.34 bits per heavy atom. The van der Waals surface area contributed by atoms with Crippen LogP contribution in [0.3, 0.4) is 0 Å². The van der Waals surface area contributed by atoms with E-state index in [4.69, 9.17) is 14.2 Å². The van der Waals surface area contributed by atoms with Crippen LogP contribution in [0.25, 0.3) is 6.08 Å². The average molecular weight is 536 g/mol. The Kier molecular flexibility index (Phi) is 8.36. The fraction of sp³-hybridized carbons (Fsp3) is 0.345. The van der Waals surface area contributed by atoms with E-state index < -0.39 is 12.0 Å². The second kappa shape index (κ2) is 11.7. The van der Waals surface area contributed by atoms with Gasteiger partial charge in [-0.2, -0.15) is 0 Å². The number of thiazole rings is 1. The number of allylic oxidation sites excluding steroid dienone is 1. The monoisotopic (exact) mass is 535 g/mol. The number of methoxy groups -OCH3 is 2. The molecule has 0 radical (unpaired) electrons. The lowest BCUT2D eigenvalue weighted by atomic mass is 9.95. The van der Waals surface area contributed by atoms with Crippen molar-refractivity contribution in [2.75, 3.05) is 38.8 Å². The molecule has 0 saturated heterocycles. The van der Waals surface area contributed by atoms with Gasteiger partial charge in [-0.15, -0.1) is 0 Å².